The lowest BCUT2D eigenvalue weighted by molar-refractivity contribution is -0.131. The average Bonchev–Trinajstić information content (AvgIpc) is 2.87. The Morgan fingerprint density at radius 1 is 1.44 bits per heavy atom. The number of hydrogen-bond acceptors (Lipinski definition) is 3. The normalized spacial score (nSPS) is 21.0. The van der Waals surface area contributed by atoms with Gasteiger partial charge in [-0.3, -0.25) is 4.79 Å². The number of hydrogen-bond donors (Lipinski definition) is 2. The first kappa shape index (κ1) is 13.1. The smallest absolute Gasteiger partial charge is 0.244 e. The summed E-state index contributed by atoms with van der Waals surface area (Å²) >= 11 is 0. The Hall–Kier alpha value is -1.39. The zero-order valence-electron chi connectivity index (χ0n) is 10.5. The summed E-state index contributed by atoms with van der Waals surface area (Å²) in [6, 6.07) is 8.88. The standard InChI is InChI=1S/C14H20N2O2/c15-13(12-4-2-1-3-5-12)14(18)16-8-6-11(10-16)7-9-17/h1-5,11,13,17H,6-10,15H2/t11?,13-/m1/s1. The van der Waals surface area contributed by atoms with E-state index >= 15 is 0 Å². The molecule has 18 heavy (non-hydrogen) atoms. The van der Waals surface area contributed by atoms with Crippen LogP contribution >= 0.6 is 0 Å². The van der Waals surface area contributed by atoms with Crippen LogP contribution in [0.15, 0.2) is 30.3 Å². The van der Waals surface area contributed by atoms with Crippen molar-refractivity contribution in [2.75, 3.05) is 19.7 Å². The molecule has 1 aliphatic rings. The molecule has 1 unspecified atom stereocenters. The lowest BCUT2D eigenvalue weighted by Crippen LogP contribution is -2.37. The minimum Gasteiger partial charge on any atom is -0.396 e. The van der Waals surface area contributed by atoms with E-state index in [-0.39, 0.29) is 12.5 Å². The molecule has 0 saturated carbocycles. The molecule has 0 aromatic heterocycles. The van der Waals surface area contributed by atoms with Crippen molar-refractivity contribution in [2.45, 2.75) is 18.9 Å². The second-order valence-corrected chi connectivity index (χ2v) is 4.84. The van der Waals surface area contributed by atoms with Crippen LogP contribution in [0.4, 0.5) is 0 Å². The second kappa shape index (κ2) is 5.98. The van der Waals surface area contributed by atoms with Gasteiger partial charge in [-0.1, -0.05) is 30.3 Å². The molecule has 3 N–H and O–H groups in total. The van der Waals surface area contributed by atoms with Crippen LogP contribution in [-0.4, -0.2) is 35.6 Å². The summed E-state index contributed by atoms with van der Waals surface area (Å²) in [6.45, 7) is 1.67. The molecule has 1 aromatic rings. The van der Waals surface area contributed by atoms with E-state index in [1.54, 1.807) is 0 Å². The lowest BCUT2D eigenvalue weighted by Gasteiger charge is -2.21. The zero-order valence-corrected chi connectivity index (χ0v) is 10.5. The van der Waals surface area contributed by atoms with Crippen molar-refractivity contribution in [3.05, 3.63) is 35.9 Å². The molecular weight excluding hydrogens is 228 g/mol. The van der Waals surface area contributed by atoms with E-state index in [9.17, 15) is 4.79 Å². The molecule has 98 valence electrons. The maximum absolute atomic E-state index is 12.2. The van der Waals surface area contributed by atoms with Crippen molar-refractivity contribution in [1.29, 1.82) is 0 Å². The van der Waals surface area contributed by atoms with Crippen LogP contribution < -0.4 is 5.73 Å². The predicted molar refractivity (Wildman–Crippen MR) is 69.8 cm³/mol. The van der Waals surface area contributed by atoms with E-state index < -0.39 is 6.04 Å². The van der Waals surface area contributed by atoms with Crippen LogP contribution in [0.25, 0.3) is 0 Å². The van der Waals surface area contributed by atoms with E-state index in [2.05, 4.69) is 0 Å². The maximum Gasteiger partial charge on any atom is 0.244 e. The molecule has 1 aliphatic heterocycles. The molecule has 1 heterocycles. The van der Waals surface area contributed by atoms with Crippen LogP contribution in [0.1, 0.15) is 24.4 Å². The van der Waals surface area contributed by atoms with Gasteiger partial charge in [0.25, 0.3) is 0 Å². The fourth-order valence-corrected chi connectivity index (χ4v) is 2.45. The lowest BCUT2D eigenvalue weighted by atomic mass is 10.1. The number of aliphatic hydroxyl groups excluding tert-OH is 1. The largest absolute Gasteiger partial charge is 0.396 e. The van der Waals surface area contributed by atoms with E-state index in [4.69, 9.17) is 10.8 Å². The molecule has 2 atom stereocenters. The first-order valence-electron chi connectivity index (χ1n) is 6.42. The van der Waals surface area contributed by atoms with Crippen molar-refractivity contribution >= 4 is 5.91 Å². The van der Waals surface area contributed by atoms with Gasteiger partial charge in [0.15, 0.2) is 0 Å². The van der Waals surface area contributed by atoms with Gasteiger partial charge < -0.3 is 15.7 Å². The van der Waals surface area contributed by atoms with Gasteiger partial charge in [-0.2, -0.15) is 0 Å². The molecule has 1 amide bonds. The molecule has 0 spiro atoms. The topological polar surface area (TPSA) is 66.6 Å². The van der Waals surface area contributed by atoms with Crippen LogP contribution in [0.2, 0.25) is 0 Å². The summed E-state index contributed by atoms with van der Waals surface area (Å²) in [7, 11) is 0. The van der Waals surface area contributed by atoms with Gasteiger partial charge in [-0.25, -0.2) is 0 Å². The average molecular weight is 248 g/mol. The van der Waals surface area contributed by atoms with Crippen LogP contribution in [0.5, 0.6) is 0 Å². The molecule has 1 fully saturated rings. The summed E-state index contributed by atoms with van der Waals surface area (Å²) in [4.78, 5) is 14.1. The number of nitrogens with zero attached hydrogens (tertiary/aromatic N) is 1. The van der Waals surface area contributed by atoms with Gasteiger partial charge in [0.05, 0.1) is 0 Å². The van der Waals surface area contributed by atoms with Crippen molar-refractivity contribution in [3.8, 4) is 0 Å². The van der Waals surface area contributed by atoms with Crippen molar-refractivity contribution in [1.82, 2.24) is 4.90 Å². The molecule has 4 nitrogen and oxygen atoms in total. The first-order chi connectivity index (χ1) is 8.72. The third kappa shape index (κ3) is 2.89. The molecular formula is C14H20N2O2. The molecule has 1 saturated heterocycles. The predicted octanol–water partition coefficient (Wildman–Crippen LogP) is 0.917. The van der Waals surface area contributed by atoms with Crippen molar-refractivity contribution < 1.29 is 9.90 Å². The van der Waals surface area contributed by atoms with Gasteiger partial charge >= 0.3 is 0 Å². The minimum absolute atomic E-state index is 0.0124. The zero-order chi connectivity index (χ0) is 13.0. The van der Waals surface area contributed by atoms with Crippen molar-refractivity contribution in [3.63, 3.8) is 0 Å². The van der Waals surface area contributed by atoms with Crippen LogP contribution in [0.3, 0.4) is 0 Å². The highest BCUT2D eigenvalue weighted by molar-refractivity contribution is 5.83. The summed E-state index contributed by atoms with van der Waals surface area (Å²) in [5, 5.41) is 8.91. The summed E-state index contributed by atoms with van der Waals surface area (Å²) in [6.07, 6.45) is 1.73. The number of carbonyl (C=O) groups is 1. The van der Waals surface area contributed by atoms with Crippen molar-refractivity contribution in [2.24, 2.45) is 11.7 Å². The Labute approximate surface area is 107 Å². The first-order valence-corrected chi connectivity index (χ1v) is 6.42. The molecule has 0 radical (unpaired) electrons. The van der Waals surface area contributed by atoms with Gasteiger partial charge in [0.2, 0.25) is 5.91 Å². The number of carbonyl (C=O) groups excluding carboxylic acids is 1. The third-order valence-corrected chi connectivity index (χ3v) is 3.56. The minimum atomic E-state index is -0.570. The number of benzene rings is 1. The molecule has 2 rings (SSSR count). The van der Waals surface area contributed by atoms with Gasteiger partial charge in [-0.05, 0) is 24.3 Å². The number of nitrogens with two attached hydrogens (primary N) is 1. The van der Waals surface area contributed by atoms with E-state index in [1.807, 2.05) is 35.2 Å². The molecule has 4 heteroatoms. The number of likely N-dealkylation sites (tertiary alicyclic amines) is 1. The fourth-order valence-electron chi connectivity index (χ4n) is 2.45. The van der Waals surface area contributed by atoms with E-state index in [0.717, 1.165) is 31.5 Å². The molecule has 0 aliphatic carbocycles. The van der Waals surface area contributed by atoms with Gasteiger partial charge in [0, 0.05) is 19.7 Å². The summed E-state index contributed by atoms with van der Waals surface area (Å²) in [5.41, 5.74) is 6.85. The van der Waals surface area contributed by atoms with Gasteiger partial charge in [0.1, 0.15) is 6.04 Å². The Balaban J connectivity index is 1.96. The quantitative estimate of drug-likeness (QED) is 0.832. The van der Waals surface area contributed by atoms with Crippen LogP contribution in [0, 0.1) is 5.92 Å². The van der Waals surface area contributed by atoms with Crippen LogP contribution in [-0.2, 0) is 4.79 Å². The highest BCUT2D eigenvalue weighted by Gasteiger charge is 2.29. The summed E-state index contributed by atoms with van der Waals surface area (Å²) < 4.78 is 0. The number of rotatable bonds is 4. The monoisotopic (exact) mass is 248 g/mol. The second-order valence-electron chi connectivity index (χ2n) is 4.84. The number of amides is 1. The third-order valence-electron chi connectivity index (χ3n) is 3.56. The Bertz CT molecular complexity index is 394. The highest BCUT2D eigenvalue weighted by atomic mass is 16.3. The molecule has 0 bridgehead atoms. The SMILES string of the molecule is N[C@@H](C(=O)N1CCC(CCO)C1)c1ccccc1. The fraction of sp³-hybridized carbons (Fsp3) is 0.500. The maximum atomic E-state index is 12.2. The Morgan fingerprint density at radius 3 is 2.83 bits per heavy atom. The van der Waals surface area contributed by atoms with E-state index in [1.165, 1.54) is 0 Å². The Morgan fingerprint density at radius 2 is 2.17 bits per heavy atom. The van der Waals surface area contributed by atoms with Gasteiger partial charge in [-0.15, -0.1) is 0 Å². The number of aliphatic hydroxyl groups is 1. The highest BCUT2D eigenvalue weighted by Crippen LogP contribution is 2.22. The molecule has 1 aromatic carbocycles. The Kier molecular flexibility index (Phi) is 4.33. The van der Waals surface area contributed by atoms with E-state index in [0.29, 0.717) is 5.92 Å². The summed E-state index contributed by atoms with van der Waals surface area (Å²) in [5.74, 6) is 0.406.